The van der Waals surface area contributed by atoms with Gasteiger partial charge in [0.15, 0.2) is 5.65 Å². The van der Waals surface area contributed by atoms with E-state index in [2.05, 4.69) is 15.4 Å². The molecule has 0 aliphatic rings. The summed E-state index contributed by atoms with van der Waals surface area (Å²) < 4.78 is 17.2. The van der Waals surface area contributed by atoms with Crippen molar-refractivity contribution in [2.75, 3.05) is 5.32 Å². The average molecular weight is 434 g/mol. The molecule has 0 aliphatic carbocycles. The second-order valence-electron chi connectivity index (χ2n) is 7.19. The fraction of sp³-hybridized carbons (Fsp3) is 0.0870. The lowest BCUT2D eigenvalue weighted by molar-refractivity contribution is 0.625. The number of aromatic nitrogens is 4. The van der Waals surface area contributed by atoms with Crippen LogP contribution in [-0.2, 0) is 0 Å². The first-order valence-electron chi connectivity index (χ1n) is 9.68. The summed E-state index contributed by atoms with van der Waals surface area (Å²) in [6, 6.07) is 16.4. The standard InChI is InChI=1S/C23H17ClFN5O/c1-14(28-21-8-10-26-20-9-11-27-30(20)21)19-12-15-4-2-7-18(24)22(15)23(31)29(19)17-6-3-5-16(25)13-17/h2-14,28H,1H3. The molecule has 0 amide bonds. The van der Waals surface area contributed by atoms with Gasteiger partial charge in [0.25, 0.3) is 5.56 Å². The van der Waals surface area contributed by atoms with Crippen LogP contribution in [0.1, 0.15) is 18.7 Å². The number of halogens is 2. The maximum Gasteiger partial charge on any atom is 0.264 e. The minimum atomic E-state index is -0.428. The molecule has 154 valence electrons. The monoisotopic (exact) mass is 433 g/mol. The minimum absolute atomic E-state index is 0.309. The normalized spacial score (nSPS) is 12.4. The van der Waals surface area contributed by atoms with E-state index < -0.39 is 5.82 Å². The third-order valence-corrected chi connectivity index (χ3v) is 5.50. The number of pyridine rings is 1. The highest BCUT2D eigenvalue weighted by atomic mass is 35.5. The molecule has 3 heterocycles. The molecule has 1 atom stereocenters. The lowest BCUT2D eigenvalue weighted by Gasteiger charge is -2.22. The van der Waals surface area contributed by atoms with E-state index >= 15 is 0 Å². The van der Waals surface area contributed by atoms with Gasteiger partial charge in [-0.2, -0.15) is 9.61 Å². The number of nitrogens with zero attached hydrogens (tertiary/aromatic N) is 4. The van der Waals surface area contributed by atoms with Gasteiger partial charge in [-0.15, -0.1) is 0 Å². The predicted molar refractivity (Wildman–Crippen MR) is 120 cm³/mol. The Bertz CT molecular complexity index is 1490. The Labute approximate surface area is 181 Å². The van der Waals surface area contributed by atoms with E-state index in [4.69, 9.17) is 11.6 Å². The van der Waals surface area contributed by atoms with Crippen LogP contribution in [0.5, 0.6) is 0 Å². The number of anilines is 1. The van der Waals surface area contributed by atoms with Crippen molar-refractivity contribution >= 4 is 33.8 Å². The lowest BCUT2D eigenvalue weighted by atomic mass is 10.1. The highest BCUT2D eigenvalue weighted by molar-refractivity contribution is 6.35. The quantitative estimate of drug-likeness (QED) is 0.433. The number of benzene rings is 2. The summed E-state index contributed by atoms with van der Waals surface area (Å²) in [5.41, 5.74) is 1.47. The van der Waals surface area contributed by atoms with Crippen LogP contribution in [0.2, 0.25) is 5.02 Å². The van der Waals surface area contributed by atoms with E-state index in [1.807, 2.05) is 19.1 Å². The maximum absolute atomic E-state index is 14.0. The van der Waals surface area contributed by atoms with E-state index in [0.29, 0.717) is 38.6 Å². The molecule has 31 heavy (non-hydrogen) atoms. The average Bonchev–Trinajstić information content (AvgIpc) is 3.23. The van der Waals surface area contributed by atoms with E-state index in [-0.39, 0.29) is 11.6 Å². The summed E-state index contributed by atoms with van der Waals surface area (Å²) in [4.78, 5) is 17.8. The molecule has 6 nitrogen and oxygen atoms in total. The van der Waals surface area contributed by atoms with Crippen LogP contribution in [0, 0.1) is 5.82 Å². The van der Waals surface area contributed by atoms with Crippen molar-refractivity contribution in [1.29, 1.82) is 0 Å². The molecule has 3 aromatic heterocycles. The highest BCUT2D eigenvalue weighted by Gasteiger charge is 2.19. The molecule has 0 bridgehead atoms. The maximum atomic E-state index is 14.0. The second kappa shape index (κ2) is 7.52. The Morgan fingerprint density at radius 2 is 1.90 bits per heavy atom. The van der Waals surface area contributed by atoms with Crippen LogP contribution < -0.4 is 10.9 Å². The van der Waals surface area contributed by atoms with Crippen molar-refractivity contribution in [3.8, 4) is 5.69 Å². The molecule has 0 spiro atoms. The molecule has 8 heteroatoms. The fourth-order valence-corrected chi connectivity index (χ4v) is 4.04. The van der Waals surface area contributed by atoms with Crippen LogP contribution in [-0.4, -0.2) is 19.2 Å². The molecular weight excluding hydrogens is 417 g/mol. The highest BCUT2D eigenvalue weighted by Crippen LogP contribution is 2.27. The van der Waals surface area contributed by atoms with Gasteiger partial charge in [0.1, 0.15) is 11.6 Å². The summed E-state index contributed by atoms with van der Waals surface area (Å²) in [5.74, 6) is 0.287. The number of hydrogen-bond acceptors (Lipinski definition) is 4. The molecule has 5 rings (SSSR count). The van der Waals surface area contributed by atoms with Crippen LogP contribution in [0.25, 0.3) is 22.1 Å². The summed E-state index contributed by atoms with van der Waals surface area (Å²) in [5, 5.41) is 9.15. The SMILES string of the molecule is CC(Nc1ccnc2ccnn12)c1cc2cccc(Cl)c2c(=O)n1-c1cccc(F)c1. The fourth-order valence-electron chi connectivity index (χ4n) is 3.78. The summed E-state index contributed by atoms with van der Waals surface area (Å²) in [6.45, 7) is 1.93. The minimum Gasteiger partial charge on any atom is -0.362 e. The third-order valence-electron chi connectivity index (χ3n) is 5.19. The Morgan fingerprint density at radius 3 is 2.74 bits per heavy atom. The third kappa shape index (κ3) is 3.33. The molecule has 0 aliphatic heterocycles. The topological polar surface area (TPSA) is 64.2 Å². The van der Waals surface area contributed by atoms with Crippen molar-refractivity contribution in [3.05, 3.63) is 99.9 Å². The van der Waals surface area contributed by atoms with Gasteiger partial charge >= 0.3 is 0 Å². The van der Waals surface area contributed by atoms with E-state index in [0.717, 1.165) is 0 Å². The van der Waals surface area contributed by atoms with Gasteiger partial charge in [0.05, 0.1) is 28.3 Å². The van der Waals surface area contributed by atoms with Crippen molar-refractivity contribution in [2.45, 2.75) is 13.0 Å². The molecule has 2 aromatic carbocycles. The van der Waals surface area contributed by atoms with Gasteiger partial charge in [-0.25, -0.2) is 9.37 Å². The van der Waals surface area contributed by atoms with E-state index in [1.165, 1.54) is 16.7 Å². The molecule has 0 saturated carbocycles. The molecule has 5 aromatic rings. The Kier molecular flexibility index (Phi) is 4.67. The molecule has 0 radical (unpaired) electrons. The van der Waals surface area contributed by atoms with Gasteiger partial charge in [-0.3, -0.25) is 9.36 Å². The molecule has 0 saturated heterocycles. The number of nitrogens with one attached hydrogen (secondary N) is 1. The summed E-state index contributed by atoms with van der Waals surface area (Å²) >= 11 is 6.35. The first kappa shape index (κ1) is 19.3. The van der Waals surface area contributed by atoms with Gasteiger partial charge in [0.2, 0.25) is 0 Å². The van der Waals surface area contributed by atoms with Gasteiger partial charge in [0, 0.05) is 18.0 Å². The zero-order chi connectivity index (χ0) is 21.5. The Hall–Kier alpha value is -3.71. The zero-order valence-corrected chi connectivity index (χ0v) is 17.2. The van der Waals surface area contributed by atoms with Crippen molar-refractivity contribution in [2.24, 2.45) is 0 Å². The molecular formula is C23H17ClFN5O. The van der Waals surface area contributed by atoms with Gasteiger partial charge < -0.3 is 5.32 Å². The number of hydrogen-bond donors (Lipinski definition) is 1. The largest absolute Gasteiger partial charge is 0.362 e. The smallest absolute Gasteiger partial charge is 0.264 e. The summed E-state index contributed by atoms with van der Waals surface area (Å²) in [6.07, 6.45) is 3.35. The number of fused-ring (bicyclic) bond motifs is 2. The Morgan fingerprint density at radius 1 is 1.06 bits per heavy atom. The zero-order valence-electron chi connectivity index (χ0n) is 16.5. The first-order valence-corrected chi connectivity index (χ1v) is 10.1. The van der Waals surface area contributed by atoms with Crippen LogP contribution in [0.4, 0.5) is 10.2 Å². The first-order chi connectivity index (χ1) is 15.0. The molecule has 1 N–H and O–H groups in total. The van der Waals surface area contributed by atoms with Crippen LogP contribution >= 0.6 is 11.6 Å². The van der Waals surface area contributed by atoms with Gasteiger partial charge in [-0.1, -0.05) is 29.8 Å². The molecule has 1 unspecified atom stereocenters. The lowest BCUT2D eigenvalue weighted by Crippen LogP contribution is -2.26. The van der Waals surface area contributed by atoms with Crippen LogP contribution in [0.3, 0.4) is 0 Å². The van der Waals surface area contributed by atoms with E-state index in [9.17, 15) is 9.18 Å². The Balaban J connectivity index is 1.72. The van der Waals surface area contributed by atoms with Gasteiger partial charge in [-0.05, 0) is 48.7 Å². The molecule has 0 fully saturated rings. The summed E-state index contributed by atoms with van der Waals surface area (Å²) in [7, 11) is 0. The number of rotatable bonds is 4. The second-order valence-corrected chi connectivity index (χ2v) is 7.60. The van der Waals surface area contributed by atoms with Crippen LogP contribution in [0.15, 0.2) is 77.9 Å². The predicted octanol–water partition coefficient (Wildman–Crippen LogP) is 5.00. The van der Waals surface area contributed by atoms with Crippen molar-refractivity contribution in [3.63, 3.8) is 0 Å². The van der Waals surface area contributed by atoms with E-state index in [1.54, 1.807) is 53.3 Å². The van der Waals surface area contributed by atoms with Crippen molar-refractivity contribution < 1.29 is 4.39 Å². The van der Waals surface area contributed by atoms with Crippen molar-refractivity contribution in [1.82, 2.24) is 19.2 Å².